The lowest BCUT2D eigenvalue weighted by Crippen LogP contribution is -2.38. The Morgan fingerprint density at radius 3 is 2.24 bits per heavy atom. The second-order valence-electron chi connectivity index (χ2n) is 6.11. The van der Waals surface area contributed by atoms with E-state index in [1.807, 2.05) is 0 Å². The van der Waals surface area contributed by atoms with Crippen LogP contribution in [0.4, 0.5) is 5.69 Å². The van der Waals surface area contributed by atoms with Gasteiger partial charge in [0.1, 0.15) is 12.4 Å². The molecule has 2 aromatic carbocycles. The van der Waals surface area contributed by atoms with E-state index < -0.39 is 17.9 Å². The minimum absolute atomic E-state index is 0.0377. The number of carbonyl (C=O) groups is 3. The normalized spacial score (nSPS) is 13.8. The van der Waals surface area contributed by atoms with Crippen LogP contribution in [0, 0.1) is 0 Å². The first-order valence-corrected chi connectivity index (χ1v) is 8.65. The predicted molar refractivity (Wildman–Crippen MR) is 103 cm³/mol. The Bertz CT molecular complexity index is 979. The average molecular weight is 397 g/mol. The number of rotatable bonds is 5. The van der Waals surface area contributed by atoms with E-state index >= 15 is 0 Å². The fourth-order valence-electron chi connectivity index (χ4n) is 3.09. The van der Waals surface area contributed by atoms with Gasteiger partial charge in [-0.3, -0.25) is 0 Å². The van der Waals surface area contributed by atoms with Crippen molar-refractivity contribution in [3.8, 4) is 11.1 Å². The monoisotopic (exact) mass is 397 g/mol. The van der Waals surface area contributed by atoms with Crippen LogP contribution >= 0.6 is 0 Å². The summed E-state index contributed by atoms with van der Waals surface area (Å²) in [6.45, 7) is -0.0341. The molecule has 2 aromatic rings. The Kier molecular flexibility index (Phi) is 5.94. The molecule has 0 atom stereocenters. The number of hydrogen-bond acceptors (Lipinski definition) is 7. The number of methoxy groups -OCH3 is 2. The molecule has 0 radical (unpaired) electrons. The first-order valence-electron chi connectivity index (χ1n) is 8.65. The summed E-state index contributed by atoms with van der Waals surface area (Å²) in [6.07, 6.45) is 0. The average Bonchev–Trinajstić information content (AvgIpc) is 2.77. The highest BCUT2D eigenvalue weighted by molar-refractivity contribution is 6.03. The molecule has 0 aliphatic carbocycles. The number of hydrogen-bond donors (Lipinski definition) is 1. The van der Waals surface area contributed by atoms with Crippen molar-refractivity contribution in [2.45, 2.75) is 0 Å². The van der Waals surface area contributed by atoms with E-state index in [0.29, 0.717) is 16.8 Å². The molecule has 0 bridgehead atoms. The molecule has 0 saturated heterocycles. The molecule has 0 fully saturated rings. The van der Waals surface area contributed by atoms with E-state index in [4.69, 9.17) is 14.2 Å². The number of benzene rings is 2. The number of carboxylic acids is 1. The molecule has 1 aliphatic heterocycles. The summed E-state index contributed by atoms with van der Waals surface area (Å²) in [5, 5.41) is 9.39. The van der Waals surface area contributed by atoms with Crippen molar-refractivity contribution >= 4 is 23.6 Å². The van der Waals surface area contributed by atoms with Gasteiger partial charge in [-0.15, -0.1) is 0 Å². The second-order valence-corrected chi connectivity index (χ2v) is 6.11. The molecule has 1 N–H and O–H groups in total. The van der Waals surface area contributed by atoms with Gasteiger partial charge in [0, 0.05) is 5.69 Å². The number of ether oxygens (including phenoxy) is 3. The van der Waals surface area contributed by atoms with E-state index in [9.17, 15) is 19.5 Å². The number of aromatic carboxylic acids is 1. The van der Waals surface area contributed by atoms with Crippen molar-refractivity contribution in [1.82, 2.24) is 0 Å². The highest BCUT2D eigenvalue weighted by Crippen LogP contribution is 2.30. The molecular formula is C21H19NO7. The maximum atomic E-state index is 12.3. The van der Waals surface area contributed by atoms with Gasteiger partial charge < -0.3 is 24.2 Å². The number of esters is 2. The van der Waals surface area contributed by atoms with Crippen molar-refractivity contribution in [3.05, 3.63) is 65.4 Å². The fraction of sp³-hybridized carbons (Fsp3) is 0.190. The standard InChI is InChI=1S/C21H19NO7/c1-27-20(25)17-11-29-12-22(18(17)21(26)28-2)14-9-7-13(8-10-14)15-5-3-4-6-16(15)19(23)24/h3-10H,11-12H2,1-2H3,(H,23,24). The second kappa shape index (κ2) is 8.57. The van der Waals surface area contributed by atoms with Crippen LogP contribution < -0.4 is 4.90 Å². The molecule has 0 spiro atoms. The lowest BCUT2D eigenvalue weighted by molar-refractivity contribution is -0.140. The molecule has 0 amide bonds. The molecule has 1 heterocycles. The maximum absolute atomic E-state index is 12.3. The van der Waals surface area contributed by atoms with Gasteiger partial charge >= 0.3 is 17.9 Å². The van der Waals surface area contributed by atoms with Gasteiger partial charge in [-0.25, -0.2) is 14.4 Å². The molecule has 0 aromatic heterocycles. The summed E-state index contributed by atoms with van der Waals surface area (Å²) in [6, 6.07) is 13.6. The van der Waals surface area contributed by atoms with E-state index in [-0.39, 0.29) is 30.2 Å². The van der Waals surface area contributed by atoms with Gasteiger partial charge in [0.2, 0.25) is 0 Å². The smallest absolute Gasteiger partial charge is 0.355 e. The SMILES string of the molecule is COC(=O)C1=C(C(=O)OC)N(c2ccc(-c3ccccc3C(=O)O)cc2)COC1. The van der Waals surface area contributed by atoms with Crippen LogP contribution in [0.25, 0.3) is 11.1 Å². The third-order valence-corrected chi connectivity index (χ3v) is 4.48. The Hall–Kier alpha value is -3.65. The van der Waals surface area contributed by atoms with Crippen molar-refractivity contribution in [2.75, 3.05) is 32.5 Å². The van der Waals surface area contributed by atoms with Crippen molar-refractivity contribution in [1.29, 1.82) is 0 Å². The number of anilines is 1. The zero-order chi connectivity index (χ0) is 21.0. The molecule has 0 saturated carbocycles. The molecule has 8 nitrogen and oxygen atoms in total. The molecular weight excluding hydrogens is 378 g/mol. The number of carboxylic acid groups (broad SMARTS) is 1. The van der Waals surface area contributed by atoms with Gasteiger partial charge in [0.25, 0.3) is 0 Å². The zero-order valence-corrected chi connectivity index (χ0v) is 15.9. The van der Waals surface area contributed by atoms with Gasteiger partial charge in [-0.1, -0.05) is 30.3 Å². The van der Waals surface area contributed by atoms with Crippen LogP contribution in [-0.2, 0) is 23.8 Å². The summed E-state index contributed by atoms with van der Waals surface area (Å²) in [5.41, 5.74) is 2.13. The Morgan fingerprint density at radius 1 is 0.966 bits per heavy atom. The highest BCUT2D eigenvalue weighted by Gasteiger charge is 2.32. The Balaban J connectivity index is 2.02. The summed E-state index contributed by atoms with van der Waals surface area (Å²) in [5.74, 6) is -2.39. The first kappa shape index (κ1) is 20.1. The molecule has 8 heteroatoms. The lowest BCUT2D eigenvalue weighted by Gasteiger charge is -2.31. The minimum Gasteiger partial charge on any atom is -0.478 e. The van der Waals surface area contributed by atoms with Gasteiger partial charge in [0.05, 0.1) is 32.0 Å². The van der Waals surface area contributed by atoms with Crippen molar-refractivity contribution in [3.63, 3.8) is 0 Å². The molecule has 3 rings (SSSR count). The molecule has 0 unspecified atom stereocenters. The van der Waals surface area contributed by atoms with Crippen LogP contribution in [0.2, 0.25) is 0 Å². The van der Waals surface area contributed by atoms with E-state index in [1.165, 1.54) is 25.2 Å². The lowest BCUT2D eigenvalue weighted by atomic mass is 9.99. The van der Waals surface area contributed by atoms with Gasteiger partial charge in [0.15, 0.2) is 0 Å². The summed E-state index contributed by atoms with van der Waals surface area (Å²) in [4.78, 5) is 37.4. The number of carbonyl (C=O) groups excluding carboxylic acids is 2. The highest BCUT2D eigenvalue weighted by atomic mass is 16.5. The fourth-order valence-corrected chi connectivity index (χ4v) is 3.09. The van der Waals surface area contributed by atoms with Gasteiger partial charge in [-0.05, 0) is 29.3 Å². The quantitative estimate of drug-likeness (QED) is 0.768. The Labute approximate surface area is 166 Å². The number of nitrogens with zero attached hydrogens (tertiary/aromatic N) is 1. The zero-order valence-electron chi connectivity index (χ0n) is 15.9. The third-order valence-electron chi connectivity index (χ3n) is 4.48. The van der Waals surface area contributed by atoms with Crippen LogP contribution in [-0.4, -0.2) is 50.6 Å². The topological polar surface area (TPSA) is 102 Å². The largest absolute Gasteiger partial charge is 0.478 e. The summed E-state index contributed by atoms with van der Waals surface area (Å²) in [7, 11) is 2.45. The molecule has 150 valence electrons. The Morgan fingerprint density at radius 2 is 1.62 bits per heavy atom. The summed E-state index contributed by atoms with van der Waals surface area (Å²) < 4.78 is 15.0. The van der Waals surface area contributed by atoms with Crippen LogP contribution in [0.15, 0.2) is 59.8 Å². The van der Waals surface area contributed by atoms with Crippen LogP contribution in [0.1, 0.15) is 10.4 Å². The summed E-state index contributed by atoms with van der Waals surface area (Å²) >= 11 is 0. The van der Waals surface area contributed by atoms with Gasteiger partial charge in [-0.2, -0.15) is 0 Å². The molecule has 1 aliphatic rings. The molecule has 29 heavy (non-hydrogen) atoms. The maximum Gasteiger partial charge on any atom is 0.355 e. The van der Waals surface area contributed by atoms with E-state index in [2.05, 4.69) is 0 Å². The van der Waals surface area contributed by atoms with E-state index in [0.717, 1.165) is 0 Å². The van der Waals surface area contributed by atoms with E-state index in [1.54, 1.807) is 42.5 Å². The van der Waals surface area contributed by atoms with Crippen LogP contribution in [0.3, 0.4) is 0 Å². The van der Waals surface area contributed by atoms with Crippen LogP contribution in [0.5, 0.6) is 0 Å². The van der Waals surface area contributed by atoms with Crippen molar-refractivity contribution < 1.29 is 33.7 Å². The minimum atomic E-state index is -1.02. The predicted octanol–water partition coefficient (Wildman–Crippen LogP) is 2.45. The first-order chi connectivity index (χ1) is 14.0. The van der Waals surface area contributed by atoms with Crippen molar-refractivity contribution in [2.24, 2.45) is 0 Å². The third kappa shape index (κ3) is 3.97.